The lowest BCUT2D eigenvalue weighted by atomic mass is 9.98. The number of fused-ring (bicyclic) bond motifs is 1. The van der Waals surface area contributed by atoms with E-state index in [4.69, 9.17) is 5.73 Å². The van der Waals surface area contributed by atoms with Crippen molar-refractivity contribution in [3.63, 3.8) is 0 Å². The van der Waals surface area contributed by atoms with Crippen molar-refractivity contribution >= 4 is 82.9 Å². The van der Waals surface area contributed by atoms with Crippen molar-refractivity contribution < 1.29 is 94.5 Å². The number of H-pyrrole nitrogens is 1. The zero-order valence-electron chi connectivity index (χ0n) is 36.1. The van der Waals surface area contributed by atoms with Crippen molar-refractivity contribution in [2.75, 3.05) is 30.0 Å². The summed E-state index contributed by atoms with van der Waals surface area (Å²) in [6, 6.07) is -5.42. The van der Waals surface area contributed by atoms with Gasteiger partial charge in [0.1, 0.15) is 66.8 Å². The van der Waals surface area contributed by atoms with Gasteiger partial charge in [-0.2, -0.15) is 17.6 Å². The number of carbonyl (C=O) groups excluding carboxylic acids is 5. The number of aliphatic carboxylic acids is 3. The van der Waals surface area contributed by atoms with Crippen LogP contribution in [0.4, 0.5) is 11.6 Å². The highest BCUT2D eigenvalue weighted by Crippen LogP contribution is 2.14. The number of hydrogen-bond acceptors (Lipinski definition) is 23. The molecule has 32 heteroatoms. The summed E-state index contributed by atoms with van der Waals surface area (Å²) in [6.07, 6.45) is -16.1. The van der Waals surface area contributed by atoms with E-state index in [2.05, 4.69) is 43.2 Å². The molecule has 0 radical (unpaired) electrons. The van der Waals surface area contributed by atoms with Crippen LogP contribution in [-0.2, 0) is 40.1 Å². The number of amides is 5. The molecule has 70 heavy (non-hydrogen) atoms. The zero-order chi connectivity index (χ0) is 52.6. The number of aromatic nitrogens is 4. The Balaban J connectivity index is 1.77. The van der Waals surface area contributed by atoms with Crippen LogP contribution in [0.5, 0.6) is 0 Å². The van der Waals surface area contributed by atoms with E-state index in [1.165, 1.54) is 30.5 Å². The van der Waals surface area contributed by atoms with E-state index < -0.39 is 158 Å². The summed E-state index contributed by atoms with van der Waals surface area (Å²) in [5, 5.41) is 122. The zero-order valence-corrected chi connectivity index (χ0v) is 37.0. The second-order valence-corrected chi connectivity index (χ2v) is 15.4. The Morgan fingerprint density at radius 2 is 1.23 bits per heavy atom. The van der Waals surface area contributed by atoms with Crippen LogP contribution < -0.4 is 43.2 Å². The van der Waals surface area contributed by atoms with Crippen LogP contribution in [-0.4, -0.2) is 209 Å². The molecule has 5 amide bonds. The molecule has 0 aliphatic heterocycles. The molecule has 0 fully saturated rings. The highest BCUT2D eigenvalue weighted by atomic mass is 32.1. The maximum absolute atomic E-state index is 13.6. The lowest BCUT2D eigenvalue weighted by molar-refractivity contribution is -0.147. The van der Waals surface area contributed by atoms with Crippen molar-refractivity contribution in [1.29, 1.82) is 0 Å². The molecule has 2 aromatic heterocycles. The molecule has 0 bridgehead atoms. The number of rotatable bonds is 28. The number of carboxylic acids is 3. The Hall–Kier alpha value is -7.17. The number of carbonyl (C=O) groups is 8. The molecule has 384 valence electrons. The third kappa shape index (κ3) is 16.2. The molecule has 0 saturated carbocycles. The maximum atomic E-state index is 13.6. The summed E-state index contributed by atoms with van der Waals surface area (Å²) in [5.41, 5.74) is 5.60. The van der Waals surface area contributed by atoms with Crippen molar-refractivity contribution in [1.82, 2.24) is 46.5 Å². The van der Waals surface area contributed by atoms with Crippen molar-refractivity contribution in [2.24, 2.45) is 0 Å². The minimum Gasteiger partial charge on any atom is -0.481 e. The molecule has 0 aliphatic carbocycles. The summed E-state index contributed by atoms with van der Waals surface area (Å²) >= 11 is 3.76. The Morgan fingerprint density at radius 3 is 1.74 bits per heavy atom. The van der Waals surface area contributed by atoms with Crippen molar-refractivity contribution in [2.45, 2.75) is 92.6 Å². The molecule has 0 saturated heterocycles. The van der Waals surface area contributed by atoms with Gasteiger partial charge in [0, 0.05) is 23.4 Å². The molecule has 0 unspecified atom stereocenters. The monoisotopic (exact) mass is 1010 g/mol. The predicted octanol–water partition coefficient (Wildman–Crippen LogP) is -8.55. The van der Waals surface area contributed by atoms with Crippen LogP contribution in [0, 0.1) is 0 Å². The molecule has 0 spiro atoms. The van der Waals surface area contributed by atoms with Crippen LogP contribution in [0.3, 0.4) is 0 Å². The molecule has 11 atom stereocenters. The van der Waals surface area contributed by atoms with E-state index in [1.54, 1.807) is 10.6 Å². The highest BCUT2D eigenvalue weighted by molar-refractivity contribution is 7.80. The Morgan fingerprint density at radius 1 is 0.686 bits per heavy atom. The number of thiol groups is 1. The fourth-order valence-electron chi connectivity index (χ4n) is 6.03. The van der Waals surface area contributed by atoms with E-state index in [9.17, 15) is 99.3 Å². The van der Waals surface area contributed by atoms with Gasteiger partial charge in [-0.05, 0) is 30.7 Å². The second-order valence-electron chi connectivity index (χ2n) is 15.1. The number of aromatic amines is 1. The predicted molar refractivity (Wildman–Crippen MR) is 236 cm³/mol. The Kier molecular flexibility index (Phi) is 21.7. The number of anilines is 2. The van der Waals surface area contributed by atoms with Gasteiger partial charge in [0.25, 0.3) is 11.5 Å². The van der Waals surface area contributed by atoms with Crippen molar-refractivity contribution in [3.05, 3.63) is 52.1 Å². The second kappa shape index (κ2) is 26.5. The summed E-state index contributed by atoms with van der Waals surface area (Å²) in [5.74, 6) is -13.1. The van der Waals surface area contributed by atoms with Gasteiger partial charge in [-0.3, -0.25) is 38.5 Å². The molecule has 2 heterocycles. The average Bonchev–Trinajstić information content (AvgIpc) is 3.32. The first kappa shape index (κ1) is 57.1. The fraction of sp³-hybridized carbons (Fsp3) is 0.474. The van der Waals surface area contributed by atoms with Crippen LogP contribution >= 0.6 is 12.6 Å². The standard InChI is InChI=1S/C38H51N11O20S/c39-38-48-30-25(35(65)49-38)42-15(9-41-30)8-40-14-3-1-13(2-4-14)31(61)43-16(36(66)67)5-6-21(54)46-23(28(59)26(57)19(52)10-50)33(63)44-17(7-22(55)56)32(62)47-24(29(60)27(58)20(53)11-51)34(64)45-18(12-70)37(68)69/h1-4,9,16-20,23-24,26-29,40,50-53,57-60,70H,5-8,10-12H2,(H,43,61)(H,44,63)(H,45,64)(H,46,54)(H,47,62)(H,55,56)(H,66,67)(H,68,69)(H3,39,41,48,49,65)/t16-,17-,18-,19+,20+,23-,24-,26+,27+,28+,29+/m0/s1. The van der Waals surface area contributed by atoms with Crippen LogP contribution in [0.2, 0.25) is 0 Å². The number of carboxylic acid groups (broad SMARTS) is 3. The van der Waals surface area contributed by atoms with E-state index >= 15 is 0 Å². The lowest BCUT2D eigenvalue weighted by Crippen LogP contribution is -2.65. The summed E-state index contributed by atoms with van der Waals surface area (Å²) in [4.78, 5) is 129. The van der Waals surface area contributed by atoms with Gasteiger partial charge in [0.05, 0.1) is 38.1 Å². The number of benzene rings is 1. The normalized spacial score (nSPS) is 16.0. The topological polar surface area (TPSA) is 529 Å². The fourth-order valence-corrected chi connectivity index (χ4v) is 6.28. The van der Waals surface area contributed by atoms with E-state index in [-0.39, 0.29) is 29.2 Å². The largest absolute Gasteiger partial charge is 0.481 e. The van der Waals surface area contributed by atoms with Gasteiger partial charge in [-0.15, -0.1) is 0 Å². The average molecular weight is 1010 g/mol. The van der Waals surface area contributed by atoms with Gasteiger partial charge in [-0.1, -0.05) is 0 Å². The molecule has 20 N–H and O–H groups in total. The Labute approximate surface area is 398 Å². The van der Waals surface area contributed by atoms with Gasteiger partial charge in [-0.25, -0.2) is 19.6 Å². The summed E-state index contributed by atoms with van der Waals surface area (Å²) in [7, 11) is 0. The number of nitrogens with zero attached hydrogens (tertiary/aromatic N) is 3. The molecule has 3 aromatic rings. The number of aliphatic hydroxyl groups excluding tert-OH is 8. The molecule has 1 aromatic carbocycles. The molecular weight excluding hydrogens is 963 g/mol. The summed E-state index contributed by atoms with van der Waals surface area (Å²) < 4.78 is 0. The SMILES string of the molecule is Nc1nc2ncc(CNc3ccc(C(=O)N[C@@H](CCC(=O)N[C@H](C(=O)N[C@@H](CC(=O)O)C(=O)N[C@H](C(=O)N[C@@H](CS)C(=O)O)[C@@H](O)[C@H](O)[C@H](O)CO)[C@@H](O)[C@H](O)[C@H](O)CO)C(=O)O)cc3)nc2c(=O)[nH]1. The van der Waals surface area contributed by atoms with Crippen molar-refractivity contribution in [3.8, 4) is 0 Å². The van der Waals surface area contributed by atoms with E-state index in [1.807, 2.05) is 10.6 Å². The number of nitrogens with two attached hydrogens (primary N) is 1. The lowest BCUT2D eigenvalue weighted by Gasteiger charge is -2.32. The van der Waals surface area contributed by atoms with E-state index in [0.29, 0.717) is 11.4 Å². The molecule has 31 nitrogen and oxygen atoms in total. The maximum Gasteiger partial charge on any atom is 0.327 e. The van der Waals surface area contributed by atoms with Gasteiger partial charge < -0.3 is 93.8 Å². The smallest absolute Gasteiger partial charge is 0.327 e. The highest BCUT2D eigenvalue weighted by Gasteiger charge is 2.42. The number of nitrogen functional groups attached to an aromatic ring is 1. The minimum absolute atomic E-state index is 0.0256. The molecule has 0 aliphatic rings. The number of hydrogen-bond donors (Lipinski definition) is 20. The summed E-state index contributed by atoms with van der Waals surface area (Å²) in [6.45, 7) is -2.39. The quantitative estimate of drug-likeness (QED) is 0.0300. The van der Waals surface area contributed by atoms with Gasteiger partial charge in [0.15, 0.2) is 11.2 Å². The van der Waals surface area contributed by atoms with Gasteiger partial charge >= 0.3 is 17.9 Å². The molecular formula is C38H51N11O20S. The first-order valence-corrected chi connectivity index (χ1v) is 21.0. The minimum atomic E-state index is -2.60. The first-order chi connectivity index (χ1) is 32.9. The third-order valence-corrected chi connectivity index (χ3v) is 10.3. The number of nitrogens with one attached hydrogen (secondary N) is 7. The third-order valence-electron chi connectivity index (χ3n) is 9.90. The Bertz CT molecular complexity index is 2420. The van der Waals surface area contributed by atoms with Crippen LogP contribution in [0.15, 0.2) is 35.3 Å². The van der Waals surface area contributed by atoms with Crippen LogP contribution in [0.1, 0.15) is 35.3 Å². The molecule has 3 rings (SSSR count). The van der Waals surface area contributed by atoms with Crippen LogP contribution in [0.25, 0.3) is 11.2 Å². The van der Waals surface area contributed by atoms with Gasteiger partial charge in [0.2, 0.25) is 29.6 Å². The van der Waals surface area contributed by atoms with E-state index in [0.717, 1.165) is 0 Å². The number of aliphatic hydroxyl groups is 8. The first-order valence-electron chi connectivity index (χ1n) is 20.4.